The third kappa shape index (κ3) is 1.25. The van der Waals surface area contributed by atoms with E-state index in [1.807, 2.05) is 18.2 Å². The standard InChI is InChI=1S/C9H6Br2O/c10-6-1-2-7-5(3-6)4-8(11)9(7)12/h1-3,8H,4H2. The molecular formula is C9H6Br2O. The molecule has 1 atom stereocenters. The van der Waals surface area contributed by atoms with Gasteiger partial charge in [0.15, 0.2) is 5.78 Å². The molecule has 1 aliphatic rings. The van der Waals surface area contributed by atoms with E-state index in [0.29, 0.717) is 0 Å². The Morgan fingerprint density at radius 3 is 2.92 bits per heavy atom. The first-order chi connectivity index (χ1) is 5.68. The summed E-state index contributed by atoms with van der Waals surface area (Å²) in [6.07, 6.45) is 0.813. The van der Waals surface area contributed by atoms with Crippen LogP contribution in [0.1, 0.15) is 15.9 Å². The molecule has 2 rings (SSSR count). The lowest BCUT2D eigenvalue weighted by Crippen LogP contribution is -2.05. The average Bonchev–Trinajstić information content (AvgIpc) is 2.28. The van der Waals surface area contributed by atoms with Crippen LogP contribution in [-0.4, -0.2) is 10.6 Å². The van der Waals surface area contributed by atoms with Crippen LogP contribution in [-0.2, 0) is 6.42 Å². The van der Waals surface area contributed by atoms with Crippen LogP contribution in [0.15, 0.2) is 22.7 Å². The van der Waals surface area contributed by atoms with Gasteiger partial charge in [-0.05, 0) is 30.2 Å². The molecule has 0 N–H and O–H groups in total. The Balaban J connectivity index is 2.54. The highest BCUT2D eigenvalue weighted by Gasteiger charge is 2.27. The number of hydrogen-bond donors (Lipinski definition) is 0. The SMILES string of the molecule is O=C1c2ccc(Br)cc2CC1Br. The Morgan fingerprint density at radius 2 is 2.17 bits per heavy atom. The van der Waals surface area contributed by atoms with Gasteiger partial charge in [0.25, 0.3) is 0 Å². The van der Waals surface area contributed by atoms with Crippen molar-refractivity contribution >= 4 is 37.6 Å². The Labute approximate surface area is 87.4 Å². The van der Waals surface area contributed by atoms with Gasteiger partial charge in [0.1, 0.15) is 0 Å². The smallest absolute Gasteiger partial charge is 0.177 e. The maximum atomic E-state index is 11.4. The number of rotatable bonds is 0. The molecule has 0 saturated heterocycles. The molecule has 0 amide bonds. The van der Waals surface area contributed by atoms with E-state index in [0.717, 1.165) is 22.0 Å². The first kappa shape index (κ1) is 8.45. The molecule has 0 saturated carbocycles. The van der Waals surface area contributed by atoms with E-state index in [2.05, 4.69) is 31.9 Å². The average molecular weight is 290 g/mol. The summed E-state index contributed by atoms with van der Waals surface area (Å²) in [5, 5.41) is 0. The second-order valence-electron chi connectivity index (χ2n) is 2.84. The second kappa shape index (κ2) is 2.96. The fourth-order valence-electron chi connectivity index (χ4n) is 1.43. The van der Waals surface area contributed by atoms with Gasteiger partial charge in [-0.25, -0.2) is 0 Å². The highest BCUT2D eigenvalue weighted by Crippen LogP contribution is 2.28. The first-order valence-corrected chi connectivity index (χ1v) is 5.36. The van der Waals surface area contributed by atoms with Crippen molar-refractivity contribution in [2.24, 2.45) is 0 Å². The van der Waals surface area contributed by atoms with Gasteiger partial charge in [0.2, 0.25) is 0 Å². The zero-order valence-corrected chi connectivity index (χ0v) is 9.35. The monoisotopic (exact) mass is 288 g/mol. The molecule has 1 aromatic carbocycles. The molecule has 0 fully saturated rings. The molecule has 0 radical (unpaired) electrons. The van der Waals surface area contributed by atoms with E-state index in [1.54, 1.807) is 0 Å². The molecule has 0 bridgehead atoms. The van der Waals surface area contributed by atoms with E-state index in [9.17, 15) is 4.79 Å². The van der Waals surface area contributed by atoms with E-state index in [1.165, 1.54) is 0 Å². The van der Waals surface area contributed by atoms with Gasteiger partial charge in [0.05, 0.1) is 4.83 Å². The largest absolute Gasteiger partial charge is 0.293 e. The van der Waals surface area contributed by atoms with Crippen LogP contribution in [0.2, 0.25) is 0 Å². The summed E-state index contributed by atoms with van der Waals surface area (Å²) in [7, 11) is 0. The van der Waals surface area contributed by atoms with Crippen LogP contribution in [0, 0.1) is 0 Å². The summed E-state index contributed by atoms with van der Waals surface area (Å²) in [5.74, 6) is 0.206. The molecular weight excluding hydrogens is 284 g/mol. The van der Waals surface area contributed by atoms with E-state index in [4.69, 9.17) is 0 Å². The van der Waals surface area contributed by atoms with Crippen LogP contribution in [0.25, 0.3) is 0 Å². The summed E-state index contributed by atoms with van der Waals surface area (Å²) in [4.78, 5) is 11.4. The number of halogens is 2. The minimum Gasteiger partial charge on any atom is -0.293 e. The maximum absolute atomic E-state index is 11.4. The van der Waals surface area contributed by atoms with Crippen molar-refractivity contribution in [3.63, 3.8) is 0 Å². The second-order valence-corrected chi connectivity index (χ2v) is 4.86. The Morgan fingerprint density at radius 1 is 1.42 bits per heavy atom. The van der Waals surface area contributed by atoms with Crippen LogP contribution < -0.4 is 0 Å². The predicted octanol–water partition coefficient (Wildman–Crippen LogP) is 2.95. The van der Waals surface area contributed by atoms with Crippen LogP contribution in [0.5, 0.6) is 0 Å². The zero-order chi connectivity index (χ0) is 8.72. The van der Waals surface area contributed by atoms with Crippen molar-refractivity contribution in [1.29, 1.82) is 0 Å². The van der Waals surface area contributed by atoms with Crippen LogP contribution in [0.4, 0.5) is 0 Å². The number of benzene rings is 1. The normalized spacial score (nSPS) is 21.2. The number of ketones is 1. The summed E-state index contributed by atoms with van der Waals surface area (Å²) >= 11 is 6.72. The molecule has 12 heavy (non-hydrogen) atoms. The van der Waals surface area contributed by atoms with Gasteiger partial charge in [-0.1, -0.05) is 31.9 Å². The molecule has 1 nitrogen and oxygen atoms in total. The minimum atomic E-state index is -0.0122. The first-order valence-electron chi connectivity index (χ1n) is 3.65. The van der Waals surface area contributed by atoms with Crippen molar-refractivity contribution in [3.8, 4) is 0 Å². The van der Waals surface area contributed by atoms with Gasteiger partial charge in [0, 0.05) is 10.0 Å². The molecule has 1 aliphatic carbocycles. The van der Waals surface area contributed by atoms with Crippen molar-refractivity contribution < 1.29 is 4.79 Å². The Bertz CT molecular complexity index is 346. The minimum absolute atomic E-state index is 0.0122. The highest BCUT2D eigenvalue weighted by atomic mass is 79.9. The number of carbonyl (C=O) groups is 1. The molecule has 0 spiro atoms. The molecule has 0 heterocycles. The number of carbonyl (C=O) groups excluding carboxylic acids is 1. The molecule has 0 aliphatic heterocycles. The number of fused-ring (bicyclic) bond motifs is 1. The summed E-state index contributed by atoms with van der Waals surface area (Å²) < 4.78 is 1.04. The lowest BCUT2D eigenvalue weighted by atomic mass is 10.1. The van der Waals surface area contributed by atoms with Gasteiger partial charge in [-0.3, -0.25) is 4.79 Å². The summed E-state index contributed by atoms with van der Waals surface area (Å²) in [6, 6.07) is 5.79. The van der Waals surface area contributed by atoms with Crippen molar-refractivity contribution in [3.05, 3.63) is 33.8 Å². The Kier molecular flexibility index (Phi) is 2.09. The van der Waals surface area contributed by atoms with Crippen LogP contribution in [0.3, 0.4) is 0 Å². The van der Waals surface area contributed by atoms with Gasteiger partial charge < -0.3 is 0 Å². The van der Waals surface area contributed by atoms with E-state index < -0.39 is 0 Å². The fraction of sp³-hybridized carbons (Fsp3) is 0.222. The third-order valence-electron chi connectivity index (χ3n) is 2.02. The summed E-state index contributed by atoms with van der Waals surface area (Å²) in [6.45, 7) is 0. The zero-order valence-electron chi connectivity index (χ0n) is 6.18. The number of Topliss-reactive ketones (excluding diaryl/α,β-unsaturated/α-hetero) is 1. The van der Waals surface area contributed by atoms with E-state index in [-0.39, 0.29) is 10.6 Å². The quantitative estimate of drug-likeness (QED) is 0.671. The molecule has 1 aromatic rings. The topological polar surface area (TPSA) is 17.1 Å². The van der Waals surface area contributed by atoms with E-state index >= 15 is 0 Å². The summed E-state index contributed by atoms with van der Waals surface area (Å²) in [5.41, 5.74) is 2.00. The predicted molar refractivity (Wildman–Crippen MR) is 54.9 cm³/mol. The van der Waals surface area contributed by atoms with Gasteiger partial charge in [-0.15, -0.1) is 0 Å². The fourth-order valence-corrected chi connectivity index (χ4v) is 2.43. The molecule has 1 unspecified atom stereocenters. The van der Waals surface area contributed by atoms with Gasteiger partial charge in [-0.2, -0.15) is 0 Å². The molecule has 62 valence electrons. The van der Waals surface area contributed by atoms with Crippen LogP contribution >= 0.6 is 31.9 Å². The highest BCUT2D eigenvalue weighted by molar-refractivity contribution is 9.10. The Hall–Kier alpha value is -0.150. The lowest BCUT2D eigenvalue weighted by Gasteiger charge is -1.95. The maximum Gasteiger partial charge on any atom is 0.177 e. The van der Waals surface area contributed by atoms with Crippen molar-refractivity contribution in [2.45, 2.75) is 11.2 Å². The number of alkyl halides is 1. The third-order valence-corrected chi connectivity index (χ3v) is 3.25. The lowest BCUT2D eigenvalue weighted by molar-refractivity contribution is 0.100. The molecule has 3 heteroatoms. The van der Waals surface area contributed by atoms with Crippen molar-refractivity contribution in [2.75, 3.05) is 0 Å². The van der Waals surface area contributed by atoms with Crippen molar-refractivity contribution in [1.82, 2.24) is 0 Å². The van der Waals surface area contributed by atoms with Gasteiger partial charge >= 0.3 is 0 Å². The molecule has 0 aromatic heterocycles. The number of hydrogen-bond acceptors (Lipinski definition) is 1.